The van der Waals surface area contributed by atoms with Crippen LogP contribution in [0.3, 0.4) is 0 Å². The molecule has 26 heavy (non-hydrogen) atoms. The summed E-state index contributed by atoms with van der Waals surface area (Å²) < 4.78 is 0. The van der Waals surface area contributed by atoms with Crippen molar-refractivity contribution in [3.63, 3.8) is 0 Å². The Labute approximate surface area is 164 Å². The SMILES string of the molecule is BrP(C1=CCCCC1)(c1ccccc1)(c1ccccc1)c1ccccc1. The Kier molecular flexibility index (Phi) is 4.86. The van der Waals surface area contributed by atoms with Gasteiger partial charge in [0.05, 0.1) is 0 Å². The van der Waals surface area contributed by atoms with Crippen LogP contribution in [0.2, 0.25) is 0 Å². The zero-order valence-corrected chi connectivity index (χ0v) is 17.4. The molecule has 0 bridgehead atoms. The molecule has 0 saturated heterocycles. The van der Waals surface area contributed by atoms with Crippen LogP contribution in [0.1, 0.15) is 25.7 Å². The summed E-state index contributed by atoms with van der Waals surface area (Å²) >= 11 is 4.54. The normalized spacial score (nSPS) is 16.3. The molecule has 3 aromatic carbocycles. The van der Waals surface area contributed by atoms with E-state index in [2.05, 4.69) is 113 Å². The third-order valence-electron chi connectivity index (χ3n) is 5.53. The number of rotatable bonds is 4. The molecule has 0 saturated carbocycles. The van der Waals surface area contributed by atoms with Crippen LogP contribution >= 0.6 is 20.8 Å². The van der Waals surface area contributed by atoms with Crippen molar-refractivity contribution < 1.29 is 0 Å². The fourth-order valence-corrected chi connectivity index (χ4v) is 12.5. The number of hydrogen-bond donors (Lipinski definition) is 0. The average molecular weight is 423 g/mol. The predicted octanol–water partition coefficient (Wildman–Crippen LogP) is 6.28. The molecule has 0 nitrogen and oxygen atoms in total. The van der Waals surface area contributed by atoms with E-state index in [1.165, 1.54) is 35.2 Å². The van der Waals surface area contributed by atoms with E-state index in [0.717, 1.165) is 6.42 Å². The third kappa shape index (κ3) is 2.61. The minimum atomic E-state index is -2.87. The van der Waals surface area contributed by atoms with Crippen molar-refractivity contribution in [2.24, 2.45) is 0 Å². The van der Waals surface area contributed by atoms with Crippen LogP contribution in [0.15, 0.2) is 102 Å². The van der Waals surface area contributed by atoms with Crippen LogP contribution < -0.4 is 15.9 Å². The summed E-state index contributed by atoms with van der Waals surface area (Å²) in [7, 11) is 0. The molecule has 1 aliphatic rings. The van der Waals surface area contributed by atoms with Gasteiger partial charge >= 0.3 is 165 Å². The summed E-state index contributed by atoms with van der Waals surface area (Å²) in [5.41, 5.74) is 0. The number of halogens is 1. The van der Waals surface area contributed by atoms with Gasteiger partial charge in [0.2, 0.25) is 0 Å². The van der Waals surface area contributed by atoms with Crippen LogP contribution in [0, 0.1) is 0 Å². The molecule has 0 unspecified atom stereocenters. The molecule has 1 aliphatic carbocycles. The van der Waals surface area contributed by atoms with Crippen LogP contribution in [-0.2, 0) is 0 Å². The van der Waals surface area contributed by atoms with Crippen LogP contribution in [-0.4, -0.2) is 0 Å². The van der Waals surface area contributed by atoms with E-state index in [9.17, 15) is 0 Å². The van der Waals surface area contributed by atoms with Crippen LogP contribution in [0.5, 0.6) is 0 Å². The first-order valence-corrected chi connectivity index (χ1v) is 13.6. The molecule has 0 spiro atoms. The molecular formula is C24H24BrP. The topological polar surface area (TPSA) is 0 Å². The van der Waals surface area contributed by atoms with Crippen molar-refractivity contribution in [3.8, 4) is 0 Å². The molecule has 2 heteroatoms. The Hall–Kier alpha value is -1.69. The third-order valence-corrected chi connectivity index (χ3v) is 15.9. The summed E-state index contributed by atoms with van der Waals surface area (Å²) in [5, 5.41) is 2.89. The first kappa shape index (κ1) is 17.7. The maximum absolute atomic E-state index is 4.54. The minimum absolute atomic E-state index is 1.15. The molecule has 0 aromatic heterocycles. The monoisotopic (exact) mass is 422 g/mol. The van der Waals surface area contributed by atoms with Crippen molar-refractivity contribution in [2.75, 3.05) is 0 Å². The quantitative estimate of drug-likeness (QED) is 0.433. The van der Waals surface area contributed by atoms with Gasteiger partial charge in [-0.15, -0.1) is 0 Å². The molecule has 0 N–H and O–H groups in total. The van der Waals surface area contributed by atoms with Crippen LogP contribution in [0.25, 0.3) is 0 Å². The van der Waals surface area contributed by atoms with E-state index < -0.39 is 5.31 Å². The zero-order valence-electron chi connectivity index (χ0n) is 14.9. The average Bonchev–Trinajstić information content (AvgIpc) is 2.76. The first-order valence-electron chi connectivity index (χ1n) is 9.35. The predicted molar refractivity (Wildman–Crippen MR) is 121 cm³/mol. The number of hydrogen-bond acceptors (Lipinski definition) is 0. The fourth-order valence-electron chi connectivity index (χ4n) is 4.27. The van der Waals surface area contributed by atoms with Crippen LogP contribution in [0.4, 0.5) is 0 Å². The summed E-state index contributed by atoms with van der Waals surface area (Å²) in [6, 6.07) is 33.2. The van der Waals surface area contributed by atoms with E-state index in [1.54, 1.807) is 5.31 Å². The summed E-state index contributed by atoms with van der Waals surface area (Å²) in [6.45, 7) is 0. The van der Waals surface area contributed by atoms with Gasteiger partial charge in [-0.25, -0.2) is 0 Å². The second kappa shape index (κ2) is 7.14. The van der Waals surface area contributed by atoms with Crippen molar-refractivity contribution in [1.29, 1.82) is 0 Å². The van der Waals surface area contributed by atoms with Crippen molar-refractivity contribution >= 4 is 36.7 Å². The molecule has 0 heterocycles. The zero-order chi connectivity index (χ0) is 17.9. The summed E-state index contributed by atoms with van der Waals surface area (Å²) in [5.74, 6) is 0. The Balaban J connectivity index is 2.16. The molecule has 0 atom stereocenters. The Morgan fingerprint density at radius 3 is 1.35 bits per heavy atom. The molecule has 0 fully saturated rings. The van der Waals surface area contributed by atoms with E-state index in [0.29, 0.717) is 0 Å². The second-order valence-corrected chi connectivity index (χ2v) is 15.4. The first-order chi connectivity index (χ1) is 12.7. The van der Waals surface area contributed by atoms with Gasteiger partial charge in [-0.3, -0.25) is 0 Å². The van der Waals surface area contributed by atoms with Gasteiger partial charge in [0.15, 0.2) is 0 Å². The molecular weight excluding hydrogens is 399 g/mol. The van der Waals surface area contributed by atoms with E-state index in [1.807, 2.05) is 0 Å². The van der Waals surface area contributed by atoms with Gasteiger partial charge in [0, 0.05) is 0 Å². The molecule has 132 valence electrons. The number of benzene rings is 3. The second-order valence-electron chi connectivity index (χ2n) is 6.96. The molecule has 4 rings (SSSR count). The molecule has 0 aliphatic heterocycles. The van der Waals surface area contributed by atoms with Gasteiger partial charge in [-0.05, 0) is 0 Å². The van der Waals surface area contributed by atoms with E-state index in [4.69, 9.17) is 0 Å². The van der Waals surface area contributed by atoms with Gasteiger partial charge in [0.1, 0.15) is 0 Å². The van der Waals surface area contributed by atoms with Gasteiger partial charge in [0.25, 0.3) is 0 Å². The summed E-state index contributed by atoms with van der Waals surface area (Å²) in [6.07, 6.45) is 7.40. The Bertz CT molecular complexity index is 801. The van der Waals surface area contributed by atoms with Gasteiger partial charge < -0.3 is 0 Å². The number of allylic oxidation sites excluding steroid dienone is 2. The Morgan fingerprint density at radius 2 is 1.00 bits per heavy atom. The van der Waals surface area contributed by atoms with Gasteiger partial charge in [-0.1, -0.05) is 0 Å². The fraction of sp³-hybridized carbons (Fsp3) is 0.167. The maximum atomic E-state index is 4.54. The van der Waals surface area contributed by atoms with E-state index >= 15 is 0 Å². The van der Waals surface area contributed by atoms with Crippen molar-refractivity contribution in [1.82, 2.24) is 0 Å². The molecule has 0 radical (unpaired) electrons. The van der Waals surface area contributed by atoms with Crippen molar-refractivity contribution in [3.05, 3.63) is 102 Å². The molecule has 3 aromatic rings. The summed E-state index contributed by atoms with van der Waals surface area (Å²) in [4.78, 5) is 0. The Morgan fingerprint density at radius 1 is 0.577 bits per heavy atom. The van der Waals surface area contributed by atoms with Gasteiger partial charge in [-0.2, -0.15) is 0 Å². The van der Waals surface area contributed by atoms with Crippen molar-refractivity contribution in [2.45, 2.75) is 25.7 Å². The standard InChI is InChI=1S/C24H24BrP/c25-26(21-13-5-1-6-14-21,22-15-7-2-8-16-22,23-17-9-3-10-18-23)24-19-11-4-12-20-24/h1-3,5-10,13-19H,4,11-12,20H2. The molecule has 0 amide bonds. The van der Waals surface area contributed by atoms with E-state index in [-0.39, 0.29) is 0 Å².